The van der Waals surface area contributed by atoms with Crippen LogP contribution in [0.15, 0.2) is 42.9 Å². The fraction of sp³-hybridized carbons (Fsp3) is 0. The molecule has 0 spiro atoms. The first-order valence-corrected chi connectivity index (χ1v) is 7.09. The Morgan fingerprint density at radius 3 is 2.42 bits per heavy atom. The van der Waals surface area contributed by atoms with Crippen LogP contribution in [0.5, 0.6) is 0 Å². The van der Waals surface area contributed by atoms with Crippen molar-refractivity contribution in [3.63, 3.8) is 0 Å². The van der Waals surface area contributed by atoms with E-state index in [0.717, 1.165) is 5.56 Å². The van der Waals surface area contributed by atoms with Crippen molar-refractivity contribution in [2.45, 2.75) is 0 Å². The van der Waals surface area contributed by atoms with E-state index in [1.165, 1.54) is 18.6 Å². The number of aromatic carboxylic acids is 1. The molecular formula is C15H10ClN5O3. The molecule has 0 saturated heterocycles. The van der Waals surface area contributed by atoms with Gasteiger partial charge in [0.1, 0.15) is 5.82 Å². The van der Waals surface area contributed by atoms with E-state index in [1.807, 2.05) is 0 Å². The van der Waals surface area contributed by atoms with Gasteiger partial charge >= 0.3 is 5.97 Å². The molecule has 120 valence electrons. The molecule has 3 aromatic rings. The molecule has 3 N–H and O–H groups in total. The van der Waals surface area contributed by atoms with Gasteiger partial charge in [-0.25, -0.2) is 14.8 Å². The Morgan fingerprint density at radius 1 is 1.08 bits per heavy atom. The first-order valence-electron chi connectivity index (χ1n) is 6.71. The minimum absolute atomic E-state index is 0.290. The summed E-state index contributed by atoms with van der Waals surface area (Å²) in [5.74, 6) is -1.74. The van der Waals surface area contributed by atoms with E-state index in [0.29, 0.717) is 16.4 Å². The fourth-order valence-electron chi connectivity index (χ4n) is 2.06. The minimum atomic E-state index is -1.34. The second-order valence-corrected chi connectivity index (χ2v) is 5.11. The van der Waals surface area contributed by atoms with Crippen molar-refractivity contribution in [3.8, 4) is 11.1 Å². The molecule has 1 aromatic carbocycles. The lowest BCUT2D eigenvalue weighted by atomic mass is 10.1. The van der Waals surface area contributed by atoms with Gasteiger partial charge in [0, 0.05) is 23.0 Å². The van der Waals surface area contributed by atoms with Crippen LogP contribution in [0.1, 0.15) is 21.0 Å². The number of nitrogens with zero attached hydrogens (tertiary/aromatic N) is 3. The number of halogens is 1. The van der Waals surface area contributed by atoms with Crippen LogP contribution in [0, 0.1) is 0 Å². The zero-order valence-electron chi connectivity index (χ0n) is 12.0. The molecule has 9 heteroatoms. The number of nitrogens with one attached hydrogen (secondary N) is 2. The third-order valence-corrected chi connectivity index (χ3v) is 3.40. The number of aromatic nitrogens is 4. The molecule has 0 fully saturated rings. The van der Waals surface area contributed by atoms with Crippen LogP contribution < -0.4 is 5.32 Å². The highest BCUT2D eigenvalue weighted by Crippen LogP contribution is 2.27. The van der Waals surface area contributed by atoms with Gasteiger partial charge in [0.25, 0.3) is 5.91 Å². The molecule has 1 amide bonds. The maximum Gasteiger partial charge on any atom is 0.356 e. The number of hydrogen-bond acceptors (Lipinski definition) is 5. The summed E-state index contributed by atoms with van der Waals surface area (Å²) in [4.78, 5) is 30.9. The Kier molecular flexibility index (Phi) is 4.21. The van der Waals surface area contributed by atoms with Crippen molar-refractivity contribution >= 4 is 29.3 Å². The predicted molar refractivity (Wildman–Crippen MR) is 86.0 cm³/mol. The van der Waals surface area contributed by atoms with Crippen LogP contribution in [0.2, 0.25) is 5.02 Å². The lowest BCUT2D eigenvalue weighted by molar-refractivity contribution is 0.0685. The summed E-state index contributed by atoms with van der Waals surface area (Å²) in [6.45, 7) is 0. The van der Waals surface area contributed by atoms with Gasteiger partial charge in [0.2, 0.25) is 0 Å². The summed E-state index contributed by atoms with van der Waals surface area (Å²) in [5, 5.41) is 18.8. The highest BCUT2D eigenvalue weighted by Gasteiger charge is 2.21. The quantitative estimate of drug-likeness (QED) is 0.669. The Morgan fingerprint density at radius 2 is 1.75 bits per heavy atom. The normalized spacial score (nSPS) is 10.4. The van der Waals surface area contributed by atoms with E-state index in [-0.39, 0.29) is 5.69 Å². The number of carboxylic acids is 1. The van der Waals surface area contributed by atoms with E-state index in [4.69, 9.17) is 16.7 Å². The molecule has 0 atom stereocenters. The van der Waals surface area contributed by atoms with Crippen LogP contribution in [0.3, 0.4) is 0 Å². The van der Waals surface area contributed by atoms with Crippen molar-refractivity contribution in [3.05, 3.63) is 59.3 Å². The van der Waals surface area contributed by atoms with Crippen LogP contribution in [-0.2, 0) is 0 Å². The average molecular weight is 344 g/mol. The number of carboxylic acid groups (broad SMARTS) is 1. The Labute approximate surface area is 140 Å². The number of aromatic amines is 1. The molecule has 24 heavy (non-hydrogen) atoms. The average Bonchev–Trinajstić information content (AvgIpc) is 3.03. The SMILES string of the molecule is O=C(O)c1nccnc1C(=O)Nc1[nH]ncc1-c1ccc(Cl)cc1. The number of amides is 1. The van der Waals surface area contributed by atoms with Gasteiger partial charge in [-0.15, -0.1) is 0 Å². The molecule has 0 aliphatic carbocycles. The topological polar surface area (TPSA) is 121 Å². The van der Waals surface area contributed by atoms with E-state index in [2.05, 4.69) is 25.5 Å². The monoisotopic (exact) mass is 343 g/mol. The number of H-pyrrole nitrogens is 1. The summed E-state index contributed by atoms with van der Waals surface area (Å²) < 4.78 is 0. The Hall–Kier alpha value is -3.26. The number of carbonyl (C=O) groups excluding carboxylic acids is 1. The summed E-state index contributed by atoms with van der Waals surface area (Å²) in [6.07, 6.45) is 3.98. The molecule has 3 rings (SSSR count). The van der Waals surface area contributed by atoms with E-state index >= 15 is 0 Å². The summed E-state index contributed by atoms with van der Waals surface area (Å²) >= 11 is 5.86. The second-order valence-electron chi connectivity index (χ2n) is 4.68. The zero-order chi connectivity index (χ0) is 17.1. The zero-order valence-corrected chi connectivity index (χ0v) is 12.8. The Bertz CT molecular complexity index is 907. The van der Waals surface area contributed by atoms with Gasteiger partial charge in [-0.3, -0.25) is 9.89 Å². The lowest BCUT2D eigenvalue weighted by Crippen LogP contribution is -2.19. The first kappa shape index (κ1) is 15.6. The molecule has 0 saturated carbocycles. The van der Waals surface area contributed by atoms with Crippen LogP contribution in [0.4, 0.5) is 5.82 Å². The molecule has 2 aromatic heterocycles. The number of carbonyl (C=O) groups is 2. The van der Waals surface area contributed by atoms with Crippen molar-refractivity contribution in [1.82, 2.24) is 20.2 Å². The lowest BCUT2D eigenvalue weighted by Gasteiger charge is -2.07. The highest BCUT2D eigenvalue weighted by molar-refractivity contribution is 6.30. The summed E-state index contributed by atoms with van der Waals surface area (Å²) in [5.41, 5.74) is 0.686. The van der Waals surface area contributed by atoms with Crippen molar-refractivity contribution in [2.75, 3.05) is 5.32 Å². The summed E-state index contributed by atoms with van der Waals surface area (Å²) in [7, 11) is 0. The number of hydrogen-bond donors (Lipinski definition) is 3. The van der Waals surface area contributed by atoms with Crippen LogP contribution >= 0.6 is 11.6 Å². The minimum Gasteiger partial charge on any atom is -0.476 e. The molecule has 0 aliphatic rings. The van der Waals surface area contributed by atoms with Crippen LogP contribution in [-0.4, -0.2) is 37.1 Å². The third-order valence-electron chi connectivity index (χ3n) is 3.15. The van der Waals surface area contributed by atoms with Crippen molar-refractivity contribution in [1.29, 1.82) is 0 Å². The number of rotatable bonds is 4. The smallest absolute Gasteiger partial charge is 0.356 e. The van der Waals surface area contributed by atoms with E-state index in [1.54, 1.807) is 24.3 Å². The molecule has 2 heterocycles. The van der Waals surface area contributed by atoms with E-state index in [9.17, 15) is 9.59 Å². The maximum absolute atomic E-state index is 12.3. The molecule has 0 radical (unpaired) electrons. The molecule has 8 nitrogen and oxygen atoms in total. The van der Waals surface area contributed by atoms with Gasteiger partial charge in [-0.1, -0.05) is 23.7 Å². The van der Waals surface area contributed by atoms with Gasteiger partial charge < -0.3 is 10.4 Å². The van der Waals surface area contributed by atoms with Gasteiger partial charge in [0.15, 0.2) is 11.4 Å². The summed E-state index contributed by atoms with van der Waals surface area (Å²) in [6, 6.07) is 6.96. The largest absolute Gasteiger partial charge is 0.476 e. The number of benzene rings is 1. The standard InChI is InChI=1S/C15H10ClN5O3/c16-9-3-1-8(2-4-9)10-7-19-21-13(10)20-14(22)11-12(15(23)24)18-6-5-17-11/h1-7H,(H,23,24)(H2,19,20,21,22). The third kappa shape index (κ3) is 3.08. The highest BCUT2D eigenvalue weighted by atomic mass is 35.5. The van der Waals surface area contributed by atoms with E-state index < -0.39 is 17.6 Å². The predicted octanol–water partition coefficient (Wildman–Crippen LogP) is 2.47. The molecular weight excluding hydrogens is 334 g/mol. The maximum atomic E-state index is 12.3. The van der Waals surface area contributed by atoms with Gasteiger partial charge in [-0.05, 0) is 17.7 Å². The second kappa shape index (κ2) is 6.47. The first-order chi connectivity index (χ1) is 11.6. The van der Waals surface area contributed by atoms with Crippen molar-refractivity contribution < 1.29 is 14.7 Å². The van der Waals surface area contributed by atoms with Gasteiger partial charge in [0.05, 0.1) is 6.20 Å². The van der Waals surface area contributed by atoms with Gasteiger partial charge in [-0.2, -0.15) is 5.10 Å². The number of anilines is 1. The molecule has 0 aliphatic heterocycles. The van der Waals surface area contributed by atoms with Crippen molar-refractivity contribution in [2.24, 2.45) is 0 Å². The molecule has 0 unspecified atom stereocenters. The Balaban J connectivity index is 1.90. The molecule has 0 bridgehead atoms. The van der Waals surface area contributed by atoms with Crippen LogP contribution in [0.25, 0.3) is 11.1 Å². The fourth-order valence-corrected chi connectivity index (χ4v) is 2.19.